The average Bonchev–Trinajstić information content (AvgIpc) is 2.98. The summed E-state index contributed by atoms with van der Waals surface area (Å²) < 4.78 is 1.12. The van der Waals surface area contributed by atoms with E-state index < -0.39 is 0 Å². The van der Waals surface area contributed by atoms with E-state index >= 15 is 0 Å². The summed E-state index contributed by atoms with van der Waals surface area (Å²) in [6, 6.07) is 7.21. The largest absolute Gasteiger partial charge is 0.357 e. The molecule has 1 aromatic heterocycles. The number of piperazine rings is 1. The number of fused-ring (bicyclic) bond motifs is 3. The van der Waals surface area contributed by atoms with Gasteiger partial charge in [0.2, 0.25) is 5.91 Å². The number of carbonyl (C=O) groups excluding carboxylic acids is 1. The molecule has 27 heavy (non-hydrogen) atoms. The normalized spacial score (nSPS) is 22.0. The zero-order chi connectivity index (χ0) is 18.4. The molecular formula is C21H27BrN4O. The summed E-state index contributed by atoms with van der Waals surface area (Å²) in [4.78, 5) is 23.3. The summed E-state index contributed by atoms with van der Waals surface area (Å²) in [5.41, 5.74) is 3.89. The maximum Gasteiger partial charge on any atom is 0.236 e. The first kappa shape index (κ1) is 17.7. The smallest absolute Gasteiger partial charge is 0.236 e. The molecule has 3 heterocycles. The summed E-state index contributed by atoms with van der Waals surface area (Å²) >= 11 is 3.58. The van der Waals surface area contributed by atoms with Gasteiger partial charge in [0, 0.05) is 66.4 Å². The Morgan fingerprint density at radius 2 is 1.96 bits per heavy atom. The Bertz CT molecular complexity index is 851. The number of nitrogens with zero attached hydrogens (tertiary/aromatic N) is 3. The number of benzene rings is 1. The van der Waals surface area contributed by atoms with E-state index in [2.05, 4.69) is 53.8 Å². The van der Waals surface area contributed by atoms with E-state index in [4.69, 9.17) is 0 Å². The number of hydrogen-bond donors (Lipinski definition) is 1. The number of rotatable bonds is 3. The topological polar surface area (TPSA) is 42.6 Å². The van der Waals surface area contributed by atoms with Gasteiger partial charge in [0.1, 0.15) is 0 Å². The monoisotopic (exact) mass is 430 g/mol. The van der Waals surface area contributed by atoms with Crippen molar-refractivity contribution in [3.63, 3.8) is 0 Å². The van der Waals surface area contributed by atoms with E-state index in [-0.39, 0.29) is 0 Å². The fraction of sp³-hybridized carbons (Fsp3) is 0.571. The molecule has 0 atom stereocenters. The van der Waals surface area contributed by atoms with Gasteiger partial charge in [0.25, 0.3) is 0 Å². The van der Waals surface area contributed by atoms with Gasteiger partial charge in [-0.15, -0.1) is 0 Å². The van der Waals surface area contributed by atoms with Gasteiger partial charge in [0.05, 0.1) is 6.54 Å². The van der Waals surface area contributed by atoms with Crippen LogP contribution in [0.25, 0.3) is 10.9 Å². The molecule has 1 aliphatic carbocycles. The van der Waals surface area contributed by atoms with Crippen molar-refractivity contribution in [2.45, 2.75) is 38.3 Å². The summed E-state index contributed by atoms with van der Waals surface area (Å²) in [6.07, 6.45) is 5.09. The van der Waals surface area contributed by atoms with E-state index in [1.54, 1.807) is 0 Å². The van der Waals surface area contributed by atoms with Crippen LogP contribution >= 0.6 is 15.9 Å². The van der Waals surface area contributed by atoms with Crippen LogP contribution in [0, 0.1) is 0 Å². The van der Waals surface area contributed by atoms with Crippen LogP contribution in [0.3, 0.4) is 0 Å². The molecule has 2 fully saturated rings. The number of nitrogens with one attached hydrogen (secondary N) is 1. The quantitative estimate of drug-likeness (QED) is 0.813. The van der Waals surface area contributed by atoms with E-state index in [9.17, 15) is 4.79 Å². The molecule has 1 aromatic carbocycles. The zero-order valence-electron chi connectivity index (χ0n) is 15.7. The summed E-state index contributed by atoms with van der Waals surface area (Å²) in [6.45, 7) is 6.25. The predicted molar refractivity (Wildman–Crippen MR) is 111 cm³/mol. The number of H-pyrrole nitrogens is 1. The van der Waals surface area contributed by atoms with E-state index in [0.29, 0.717) is 12.5 Å². The maximum atomic E-state index is 12.8. The minimum Gasteiger partial charge on any atom is -0.357 e. The van der Waals surface area contributed by atoms with Gasteiger partial charge in [-0.05, 0) is 43.0 Å². The molecular weight excluding hydrogens is 404 g/mol. The van der Waals surface area contributed by atoms with Gasteiger partial charge in [0.15, 0.2) is 0 Å². The summed E-state index contributed by atoms with van der Waals surface area (Å²) in [5.74, 6) is 0.297. The van der Waals surface area contributed by atoms with Crippen molar-refractivity contribution in [3.8, 4) is 0 Å². The first-order valence-corrected chi connectivity index (χ1v) is 11.0. The van der Waals surface area contributed by atoms with Gasteiger partial charge < -0.3 is 9.88 Å². The maximum absolute atomic E-state index is 12.8. The number of aromatic amines is 1. The zero-order valence-corrected chi connectivity index (χ0v) is 17.3. The molecule has 0 spiro atoms. The highest BCUT2D eigenvalue weighted by atomic mass is 79.9. The van der Waals surface area contributed by atoms with Crippen molar-refractivity contribution in [3.05, 3.63) is 33.9 Å². The van der Waals surface area contributed by atoms with Crippen molar-refractivity contribution >= 4 is 32.7 Å². The lowest BCUT2D eigenvalue weighted by Crippen LogP contribution is -2.55. The Labute approximate surface area is 168 Å². The molecule has 0 unspecified atom stereocenters. The predicted octanol–water partition coefficient (Wildman–Crippen LogP) is 2.99. The van der Waals surface area contributed by atoms with Crippen molar-refractivity contribution in [2.24, 2.45) is 0 Å². The van der Waals surface area contributed by atoms with Gasteiger partial charge in [-0.25, -0.2) is 0 Å². The van der Waals surface area contributed by atoms with E-state index in [0.717, 1.165) is 56.2 Å². The van der Waals surface area contributed by atoms with Crippen molar-refractivity contribution in [1.82, 2.24) is 19.7 Å². The van der Waals surface area contributed by atoms with Gasteiger partial charge >= 0.3 is 0 Å². The number of halogens is 1. The van der Waals surface area contributed by atoms with Gasteiger partial charge in [-0.2, -0.15) is 0 Å². The molecule has 1 N–H and O–H groups in total. The SMILES string of the molecule is O=C(CN1CCc2c([nH]c3ccc(Br)cc23)C1)N1CCN(C2CCC2)CC1. The highest BCUT2D eigenvalue weighted by Gasteiger charge is 2.30. The minimum absolute atomic E-state index is 0.297. The molecule has 1 saturated heterocycles. The van der Waals surface area contributed by atoms with E-state index in [1.165, 1.54) is 41.4 Å². The third kappa shape index (κ3) is 3.43. The Balaban J connectivity index is 1.20. The van der Waals surface area contributed by atoms with Crippen LogP contribution < -0.4 is 0 Å². The Morgan fingerprint density at radius 3 is 2.70 bits per heavy atom. The minimum atomic E-state index is 0.297. The Hall–Kier alpha value is -1.37. The van der Waals surface area contributed by atoms with Crippen LogP contribution in [-0.4, -0.2) is 70.9 Å². The highest BCUT2D eigenvalue weighted by Crippen LogP contribution is 2.30. The molecule has 6 heteroatoms. The molecule has 144 valence electrons. The lowest BCUT2D eigenvalue weighted by molar-refractivity contribution is -0.135. The molecule has 5 nitrogen and oxygen atoms in total. The standard InChI is InChI=1S/C21H27BrN4O/c22-15-4-5-19-18(12-15)17-6-7-24(13-20(17)23-19)14-21(27)26-10-8-25(9-11-26)16-2-1-3-16/h4-5,12,16,23H,1-3,6-11,13-14H2. The van der Waals surface area contributed by atoms with Crippen LogP contribution in [0.4, 0.5) is 0 Å². The van der Waals surface area contributed by atoms with Gasteiger partial charge in [-0.3, -0.25) is 14.6 Å². The van der Waals surface area contributed by atoms with Crippen molar-refractivity contribution in [2.75, 3.05) is 39.3 Å². The molecule has 1 saturated carbocycles. The third-order valence-corrected chi connectivity index (χ3v) is 7.13. The number of aromatic nitrogens is 1. The van der Waals surface area contributed by atoms with Crippen molar-refractivity contribution in [1.29, 1.82) is 0 Å². The molecule has 1 amide bonds. The molecule has 5 rings (SSSR count). The summed E-state index contributed by atoms with van der Waals surface area (Å²) in [5, 5.41) is 1.32. The summed E-state index contributed by atoms with van der Waals surface area (Å²) in [7, 11) is 0. The number of amides is 1. The van der Waals surface area contributed by atoms with Crippen LogP contribution in [0.15, 0.2) is 22.7 Å². The lowest BCUT2D eigenvalue weighted by Gasteiger charge is -2.43. The molecule has 2 aliphatic heterocycles. The second-order valence-electron chi connectivity index (χ2n) is 8.23. The van der Waals surface area contributed by atoms with Crippen LogP contribution in [0.2, 0.25) is 0 Å². The molecule has 3 aliphatic rings. The first-order valence-electron chi connectivity index (χ1n) is 10.2. The lowest BCUT2D eigenvalue weighted by atomic mass is 9.91. The third-order valence-electron chi connectivity index (χ3n) is 6.63. The van der Waals surface area contributed by atoms with E-state index in [1.807, 2.05) is 0 Å². The Kier molecular flexibility index (Phi) is 4.74. The number of hydrogen-bond acceptors (Lipinski definition) is 3. The van der Waals surface area contributed by atoms with Gasteiger partial charge in [-0.1, -0.05) is 22.4 Å². The highest BCUT2D eigenvalue weighted by molar-refractivity contribution is 9.10. The van der Waals surface area contributed by atoms with Crippen LogP contribution in [0.1, 0.15) is 30.5 Å². The second-order valence-corrected chi connectivity index (χ2v) is 9.15. The van der Waals surface area contributed by atoms with Crippen molar-refractivity contribution < 1.29 is 4.79 Å². The molecule has 0 radical (unpaired) electrons. The fourth-order valence-corrected chi connectivity index (χ4v) is 5.14. The van der Waals surface area contributed by atoms with Crippen LogP contribution in [0.5, 0.6) is 0 Å². The number of carbonyl (C=O) groups is 1. The average molecular weight is 431 g/mol. The first-order chi connectivity index (χ1) is 13.2. The fourth-order valence-electron chi connectivity index (χ4n) is 4.78. The molecule has 2 aromatic rings. The molecule has 0 bridgehead atoms. The Morgan fingerprint density at radius 1 is 1.15 bits per heavy atom. The second kappa shape index (κ2) is 7.22. The van der Waals surface area contributed by atoms with Crippen LogP contribution in [-0.2, 0) is 17.8 Å².